The van der Waals surface area contributed by atoms with Crippen molar-refractivity contribution in [1.82, 2.24) is 10.2 Å². The number of carbonyl (C=O) groups is 1. The lowest BCUT2D eigenvalue weighted by molar-refractivity contribution is -0.135. The summed E-state index contributed by atoms with van der Waals surface area (Å²) in [5, 5.41) is 11.8. The second kappa shape index (κ2) is 7.95. The van der Waals surface area contributed by atoms with Gasteiger partial charge in [0.05, 0.1) is 12.2 Å². The van der Waals surface area contributed by atoms with E-state index in [1.54, 1.807) is 32.4 Å². The summed E-state index contributed by atoms with van der Waals surface area (Å²) in [6.45, 7) is 2.22. The normalized spacial score (nSPS) is 20.9. The number of hydrogen-bond donors (Lipinski definition) is 1. The largest absolute Gasteiger partial charge is 0.491 e. The van der Waals surface area contributed by atoms with Gasteiger partial charge < -0.3 is 14.8 Å². The lowest BCUT2D eigenvalue weighted by Gasteiger charge is -2.36. The van der Waals surface area contributed by atoms with E-state index < -0.39 is 5.54 Å². The van der Waals surface area contributed by atoms with Crippen LogP contribution in [0, 0.1) is 11.3 Å². The summed E-state index contributed by atoms with van der Waals surface area (Å²) in [6.07, 6.45) is 1.72. The monoisotopic (exact) mass is 317 g/mol. The van der Waals surface area contributed by atoms with E-state index >= 15 is 0 Å². The van der Waals surface area contributed by atoms with Crippen molar-refractivity contribution in [3.8, 4) is 11.8 Å². The third kappa shape index (κ3) is 3.63. The number of amides is 1. The number of nitrogens with zero attached hydrogens (tertiary/aromatic N) is 2. The van der Waals surface area contributed by atoms with Gasteiger partial charge in [-0.05, 0) is 31.5 Å². The van der Waals surface area contributed by atoms with E-state index in [2.05, 4.69) is 16.3 Å². The number of ether oxygens (including phenoxy) is 2. The molecule has 0 spiro atoms. The molecule has 23 heavy (non-hydrogen) atoms. The molecular formula is C17H23N3O3. The highest BCUT2D eigenvalue weighted by atomic mass is 16.5. The summed E-state index contributed by atoms with van der Waals surface area (Å²) in [4.78, 5) is 14.5. The van der Waals surface area contributed by atoms with Gasteiger partial charge in [-0.15, -0.1) is 0 Å². The van der Waals surface area contributed by atoms with Crippen LogP contribution in [0.2, 0.25) is 0 Å². The Hall–Kier alpha value is -2.10. The first-order valence-electron chi connectivity index (χ1n) is 7.76. The fraction of sp³-hybridized carbons (Fsp3) is 0.529. The van der Waals surface area contributed by atoms with Gasteiger partial charge >= 0.3 is 0 Å². The quantitative estimate of drug-likeness (QED) is 0.817. The summed E-state index contributed by atoms with van der Waals surface area (Å²) in [6, 6.07) is 9.27. The zero-order chi connectivity index (χ0) is 16.7. The molecule has 1 heterocycles. The lowest BCUT2D eigenvalue weighted by atomic mass is 9.96. The highest BCUT2D eigenvalue weighted by Gasteiger charge is 2.46. The van der Waals surface area contributed by atoms with Crippen LogP contribution >= 0.6 is 0 Å². The summed E-state index contributed by atoms with van der Waals surface area (Å²) in [5.74, 6) is 0.556. The van der Waals surface area contributed by atoms with Crippen LogP contribution in [0.5, 0.6) is 5.75 Å². The van der Waals surface area contributed by atoms with Crippen LogP contribution in [0.3, 0.4) is 0 Å². The number of methoxy groups -OCH3 is 1. The average molecular weight is 317 g/mol. The van der Waals surface area contributed by atoms with Gasteiger partial charge in [-0.1, -0.05) is 12.1 Å². The van der Waals surface area contributed by atoms with Crippen LogP contribution in [0.1, 0.15) is 18.4 Å². The molecule has 1 aromatic carbocycles. The standard InChI is InChI=1S/C17H23N3O3/c1-19-16(21)17(13-22-2)8-5-9-20(17)10-11-23-15-7-4-3-6-14(15)12-18/h3-4,6-7H,5,8-11,13H2,1-2H3,(H,19,21). The molecule has 124 valence electrons. The number of likely N-dealkylation sites (N-methyl/N-ethyl adjacent to an activating group) is 1. The van der Waals surface area contributed by atoms with E-state index in [0.717, 1.165) is 19.4 Å². The molecule has 0 aromatic heterocycles. The Labute approximate surface area is 137 Å². The summed E-state index contributed by atoms with van der Waals surface area (Å²) < 4.78 is 11.0. The number of para-hydroxylation sites is 1. The fourth-order valence-corrected chi connectivity index (χ4v) is 3.17. The SMILES string of the molecule is CNC(=O)C1(COC)CCCN1CCOc1ccccc1C#N. The molecule has 6 nitrogen and oxygen atoms in total. The van der Waals surface area contributed by atoms with E-state index in [1.807, 2.05) is 6.07 Å². The molecule has 1 fully saturated rings. The highest BCUT2D eigenvalue weighted by molar-refractivity contribution is 5.86. The van der Waals surface area contributed by atoms with E-state index in [0.29, 0.717) is 31.1 Å². The number of carbonyl (C=O) groups excluding carboxylic acids is 1. The van der Waals surface area contributed by atoms with E-state index in [1.165, 1.54) is 0 Å². The second-order valence-electron chi connectivity index (χ2n) is 5.59. The molecule has 1 aromatic rings. The Balaban J connectivity index is 2.01. The minimum Gasteiger partial charge on any atom is -0.491 e. The second-order valence-corrected chi connectivity index (χ2v) is 5.59. The van der Waals surface area contributed by atoms with E-state index in [9.17, 15) is 4.79 Å². The van der Waals surface area contributed by atoms with Crippen molar-refractivity contribution in [2.75, 3.05) is 40.5 Å². The van der Waals surface area contributed by atoms with Gasteiger partial charge in [-0.2, -0.15) is 5.26 Å². The molecule has 1 unspecified atom stereocenters. The summed E-state index contributed by atoms with van der Waals surface area (Å²) in [7, 11) is 3.26. The Morgan fingerprint density at radius 2 is 2.26 bits per heavy atom. The molecule has 1 aliphatic rings. The van der Waals surface area contributed by atoms with Gasteiger partial charge in [-0.3, -0.25) is 9.69 Å². The molecule has 1 saturated heterocycles. The first kappa shape index (κ1) is 17.3. The third-order valence-corrected chi connectivity index (χ3v) is 4.28. The molecule has 0 saturated carbocycles. The van der Waals surface area contributed by atoms with E-state index in [4.69, 9.17) is 14.7 Å². The molecule has 2 rings (SSSR count). The van der Waals surface area contributed by atoms with Crippen LogP contribution < -0.4 is 10.1 Å². The molecule has 1 amide bonds. The van der Waals surface area contributed by atoms with Gasteiger partial charge in [0.25, 0.3) is 0 Å². The Morgan fingerprint density at radius 1 is 1.48 bits per heavy atom. The molecule has 6 heteroatoms. The maximum absolute atomic E-state index is 12.4. The summed E-state index contributed by atoms with van der Waals surface area (Å²) in [5.41, 5.74) is -0.106. The first-order chi connectivity index (χ1) is 11.2. The maximum atomic E-state index is 12.4. The van der Waals surface area contributed by atoms with Crippen LogP contribution in [-0.2, 0) is 9.53 Å². The van der Waals surface area contributed by atoms with Gasteiger partial charge in [-0.25, -0.2) is 0 Å². The van der Waals surface area contributed by atoms with Crippen molar-refractivity contribution in [3.05, 3.63) is 29.8 Å². The number of rotatable bonds is 7. The van der Waals surface area contributed by atoms with Crippen molar-refractivity contribution in [3.63, 3.8) is 0 Å². The Bertz CT molecular complexity index is 585. The number of benzene rings is 1. The molecule has 1 atom stereocenters. The van der Waals surface area contributed by atoms with Crippen LogP contribution in [0.4, 0.5) is 0 Å². The van der Waals surface area contributed by atoms with Gasteiger partial charge in [0.1, 0.15) is 24.0 Å². The Morgan fingerprint density at radius 3 is 2.96 bits per heavy atom. The van der Waals surface area contributed by atoms with Crippen LogP contribution in [0.15, 0.2) is 24.3 Å². The van der Waals surface area contributed by atoms with Crippen molar-refractivity contribution < 1.29 is 14.3 Å². The molecular weight excluding hydrogens is 294 g/mol. The number of nitrogens with one attached hydrogen (secondary N) is 1. The molecule has 0 bridgehead atoms. The highest BCUT2D eigenvalue weighted by Crippen LogP contribution is 2.30. The first-order valence-corrected chi connectivity index (χ1v) is 7.76. The molecule has 1 N–H and O–H groups in total. The third-order valence-electron chi connectivity index (χ3n) is 4.28. The van der Waals surface area contributed by atoms with Crippen LogP contribution in [0.25, 0.3) is 0 Å². The molecule has 1 aliphatic heterocycles. The summed E-state index contributed by atoms with van der Waals surface area (Å²) >= 11 is 0. The zero-order valence-electron chi connectivity index (χ0n) is 13.7. The maximum Gasteiger partial charge on any atom is 0.242 e. The fourth-order valence-electron chi connectivity index (χ4n) is 3.17. The number of likely N-dealkylation sites (tertiary alicyclic amines) is 1. The minimum atomic E-state index is -0.623. The van der Waals surface area contributed by atoms with Crippen LogP contribution in [-0.4, -0.2) is 56.8 Å². The minimum absolute atomic E-state index is 0.0192. The Kier molecular flexibility index (Phi) is 5.97. The predicted octanol–water partition coefficient (Wildman–Crippen LogP) is 1.16. The lowest BCUT2D eigenvalue weighted by Crippen LogP contribution is -2.58. The predicted molar refractivity (Wildman–Crippen MR) is 86.1 cm³/mol. The van der Waals surface area contributed by atoms with Crippen molar-refractivity contribution in [2.45, 2.75) is 18.4 Å². The number of hydrogen-bond acceptors (Lipinski definition) is 5. The van der Waals surface area contributed by atoms with Gasteiger partial charge in [0, 0.05) is 20.7 Å². The van der Waals surface area contributed by atoms with Gasteiger partial charge in [0.15, 0.2) is 0 Å². The van der Waals surface area contributed by atoms with Crippen molar-refractivity contribution in [1.29, 1.82) is 5.26 Å². The number of nitriles is 1. The molecule has 0 aliphatic carbocycles. The average Bonchev–Trinajstić information content (AvgIpc) is 2.98. The topological polar surface area (TPSA) is 74.6 Å². The zero-order valence-corrected chi connectivity index (χ0v) is 13.7. The molecule has 0 radical (unpaired) electrons. The van der Waals surface area contributed by atoms with E-state index in [-0.39, 0.29) is 5.91 Å². The van der Waals surface area contributed by atoms with Crippen molar-refractivity contribution >= 4 is 5.91 Å². The van der Waals surface area contributed by atoms with Gasteiger partial charge in [0.2, 0.25) is 5.91 Å². The van der Waals surface area contributed by atoms with Crippen molar-refractivity contribution in [2.24, 2.45) is 0 Å². The smallest absolute Gasteiger partial charge is 0.242 e.